The van der Waals surface area contributed by atoms with E-state index in [0.29, 0.717) is 16.3 Å². The first-order chi connectivity index (χ1) is 8.93. The summed E-state index contributed by atoms with van der Waals surface area (Å²) in [7, 11) is 0. The normalized spacial score (nSPS) is 11.2. The zero-order chi connectivity index (χ0) is 14.4. The number of carbonyl (C=O) groups excluding carboxylic acids is 1. The van der Waals surface area contributed by atoms with E-state index in [2.05, 4.69) is 10.6 Å². The van der Waals surface area contributed by atoms with E-state index >= 15 is 0 Å². The monoisotopic (exact) mass is 281 g/mol. The first kappa shape index (κ1) is 14.8. The Hall–Kier alpha value is -2.26. The number of amides is 1. The van der Waals surface area contributed by atoms with E-state index in [1.807, 2.05) is 6.07 Å². The summed E-state index contributed by atoms with van der Waals surface area (Å²) in [5.74, 6) is -1.61. The number of anilines is 1. The molecule has 19 heavy (non-hydrogen) atoms. The molecule has 1 atom stereocenters. The number of carboxylic acids is 1. The Kier molecular flexibility index (Phi) is 5.15. The van der Waals surface area contributed by atoms with Crippen molar-refractivity contribution in [2.75, 3.05) is 11.9 Å². The molecule has 7 heteroatoms. The second-order valence-electron chi connectivity index (χ2n) is 3.77. The average molecular weight is 282 g/mol. The molecule has 0 bridgehead atoms. The number of benzene rings is 1. The van der Waals surface area contributed by atoms with Crippen molar-refractivity contribution in [3.63, 3.8) is 0 Å². The molecule has 1 rings (SSSR count). The Morgan fingerprint density at radius 2 is 2.21 bits per heavy atom. The molecule has 0 saturated carbocycles. The summed E-state index contributed by atoms with van der Waals surface area (Å²) >= 11 is 5.80. The molecule has 0 aliphatic carbocycles. The maximum absolute atomic E-state index is 10.9. The van der Waals surface area contributed by atoms with Gasteiger partial charge in [-0.2, -0.15) is 5.26 Å². The molecule has 0 aromatic heterocycles. The number of carbonyl (C=O) groups is 2. The third kappa shape index (κ3) is 4.48. The molecule has 100 valence electrons. The van der Waals surface area contributed by atoms with Crippen molar-refractivity contribution in [3.8, 4) is 6.07 Å². The quantitative estimate of drug-likeness (QED) is 0.753. The third-order valence-electron chi connectivity index (χ3n) is 2.27. The maximum Gasteiger partial charge on any atom is 0.328 e. The van der Waals surface area contributed by atoms with Crippen molar-refractivity contribution in [1.82, 2.24) is 5.32 Å². The van der Waals surface area contributed by atoms with Gasteiger partial charge < -0.3 is 15.7 Å². The number of rotatable bonds is 5. The minimum absolute atomic E-state index is 0.0517. The Morgan fingerprint density at radius 1 is 1.53 bits per heavy atom. The average Bonchev–Trinajstić information content (AvgIpc) is 2.34. The van der Waals surface area contributed by atoms with Crippen LogP contribution in [-0.4, -0.2) is 29.6 Å². The zero-order valence-corrected chi connectivity index (χ0v) is 10.9. The fourth-order valence-electron chi connectivity index (χ4n) is 1.42. The van der Waals surface area contributed by atoms with Crippen LogP contribution in [0, 0.1) is 11.3 Å². The fourth-order valence-corrected chi connectivity index (χ4v) is 1.59. The van der Waals surface area contributed by atoms with Gasteiger partial charge in [-0.15, -0.1) is 0 Å². The molecule has 1 amide bonds. The van der Waals surface area contributed by atoms with Crippen molar-refractivity contribution >= 4 is 29.2 Å². The molecule has 1 aromatic carbocycles. The largest absolute Gasteiger partial charge is 0.480 e. The van der Waals surface area contributed by atoms with Gasteiger partial charge in [-0.1, -0.05) is 11.6 Å². The molecule has 0 spiro atoms. The molecular formula is C12H12ClN3O3. The highest BCUT2D eigenvalue weighted by Crippen LogP contribution is 2.20. The van der Waals surface area contributed by atoms with Crippen LogP contribution in [-0.2, 0) is 9.59 Å². The molecule has 3 N–H and O–H groups in total. The van der Waals surface area contributed by atoms with Gasteiger partial charge >= 0.3 is 5.97 Å². The molecule has 0 aliphatic rings. The Balaban J connectivity index is 2.79. The van der Waals surface area contributed by atoms with Gasteiger partial charge in [0.2, 0.25) is 5.91 Å². The lowest BCUT2D eigenvalue weighted by Crippen LogP contribution is -2.44. The SMILES string of the molecule is CC(=O)NC(CNc1cc(Cl)ccc1C#N)C(=O)O. The molecule has 0 saturated heterocycles. The van der Waals surface area contributed by atoms with Crippen LogP contribution in [0.25, 0.3) is 0 Å². The molecular weight excluding hydrogens is 270 g/mol. The van der Waals surface area contributed by atoms with Gasteiger partial charge in [-0.05, 0) is 18.2 Å². The second-order valence-corrected chi connectivity index (χ2v) is 4.21. The first-order valence-electron chi connectivity index (χ1n) is 5.37. The number of nitrogens with one attached hydrogen (secondary N) is 2. The van der Waals surface area contributed by atoms with E-state index in [1.54, 1.807) is 6.07 Å². The number of hydrogen-bond acceptors (Lipinski definition) is 4. The van der Waals surface area contributed by atoms with Crippen molar-refractivity contribution in [3.05, 3.63) is 28.8 Å². The molecule has 0 radical (unpaired) electrons. The molecule has 0 aliphatic heterocycles. The maximum atomic E-state index is 10.9. The van der Waals surface area contributed by atoms with Crippen molar-refractivity contribution < 1.29 is 14.7 Å². The van der Waals surface area contributed by atoms with Gasteiger partial charge in [0, 0.05) is 18.5 Å². The predicted molar refractivity (Wildman–Crippen MR) is 69.9 cm³/mol. The highest BCUT2D eigenvalue weighted by molar-refractivity contribution is 6.30. The summed E-state index contributed by atoms with van der Waals surface area (Å²) in [6.07, 6.45) is 0. The molecule has 1 unspecified atom stereocenters. The Bertz CT molecular complexity index is 540. The van der Waals surface area contributed by atoms with Crippen LogP contribution in [0.3, 0.4) is 0 Å². The van der Waals surface area contributed by atoms with Crippen LogP contribution in [0.5, 0.6) is 0 Å². The Labute approximate surface area is 115 Å². The lowest BCUT2D eigenvalue weighted by atomic mass is 10.2. The summed E-state index contributed by atoms with van der Waals surface area (Å²) in [4.78, 5) is 21.8. The van der Waals surface area contributed by atoms with Crippen LogP contribution in [0.2, 0.25) is 5.02 Å². The van der Waals surface area contributed by atoms with Crippen LogP contribution >= 0.6 is 11.6 Å². The molecule has 0 heterocycles. The first-order valence-corrected chi connectivity index (χ1v) is 5.75. The number of carboxylic acid groups (broad SMARTS) is 1. The van der Waals surface area contributed by atoms with E-state index in [9.17, 15) is 9.59 Å². The van der Waals surface area contributed by atoms with Crippen LogP contribution in [0.1, 0.15) is 12.5 Å². The number of hydrogen-bond donors (Lipinski definition) is 3. The van der Waals surface area contributed by atoms with Crippen molar-refractivity contribution in [2.24, 2.45) is 0 Å². The smallest absolute Gasteiger partial charge is 0.328 e. The van der Waals surface area contributed by atoms with E-state index < -0.39 is 17.9 Å². The molecule has 0 fully saturated rings. The standard InChI is InChI=1S/C12H12ClN3O3/c1-7(17)16-11(12(18)19)6-15-10-4-9(13)3-2-8(10)5-14/h2-4,11,15H,6H2,1H3,(H,16,17)(H,18,19). The second kappa shape index (κ2) is 6.61. The van der Waals surface area contributed by atoms with Crippen LogP contribution < -0.4 is 10.6 Å². The van der Waals surface area contributed by atoms with Gasteiger partial charge in [0.1, 0.15) is 12.1 Å². The topological polar surface area (TPSA) is 102 Å². The Morgan fingerprint density at radius 3 is 2.74 bits per heavy atom. The highest BCUT2D eigenvalue weighted by atomic mass is 35.5. The number of nitriles is 1. The summed E-state index contributed by atoms with van der Waals surface area (Å²) in [5, 5.41) is 23.3. The lowest BCUT2D eigenvalue weighted by Gasteiger charge is -2.15. The van der Waals surface area contributed by atoms with Crippen LogP contribution in [0.15, 0.2) is 18.2 Å². The van der Waals surface area contributed by atoms with Gasteiger partial charge in [0.05, 0.1) is 11.3 Å². The summed E-state index contributed by atoms with van der Waals surface area (Å²) < 4.78 is 0. The molecule has 1 aromatic rings. The third-order valence-corrected chi connectivity index (χ3v) is 2.51. The molecule has 6 nitrogen and oxygen atoms in total. The highest BCUT2D eigenvalue weighted by Gasteiger charge is 2.18. The van der Waals surface area contributed by atoms with Crippen molar-refractivity contribution in [2.45, 2.75) is 13.0 Å². The zero-order valence-electron chi connectivity index (χ0n) is 10.1. The minimum Gasteiger partial charge on any atom is -0.480 e. The van der Waals surface area contributed by atoms with E-state index in [4.69, 9.17) is 22.0 Å². The van der Waals surface area contributed by atoms with E-state index in [0.717, 1.165) is 0 Å². The fraction of sp³-hybridized carbons (Fsp3) is 0.250. The van der Waals surface area contributed by atoms with E-state index in [1.165, 1.54) is 19.1 Å². The summed E-state index contributed by atoms with van der Waals surface area (Å²) in [6.45, 7) is 1.18. The predicted octanol–water partition coefficient (Wildman–Crippen LogP) is 1.21. The summed E-state index contributed by atoms with van der Waals surface area (Å²) in [5.41, 5.74) is 0.767. The van der Waals surface area contributed by atoms with Gasteiger partial charge in [0.15, 0.2) is 0 Å². The van der Waals surface area contributed by atoms with E-state index in [-0.39, 0.29) is 6.54 Å². The van der Waals surface area contributed by atoms with Crippen LogP contribution in [0.4, 0.5) is 5.69 Å². The lowest BCUT2D eigenvalue weighted by molar-refractivity contribution is -0.141. The summed E-state index contributed by atoms with van der Waals surface area (Å²) in [6, 6.07) is 5.49. The number of nitrogens with zero attached hydrogens (tertiary/aromatic N) is 1. The van der Waals surface area contributed by atoms with Crippen molar-refractivity contribution in [1.29, 1.82) is 5.26 Å². The number of aliphatic carboxylic acids is 1. The number of halogens is 1. The van der Waals surface area contributed by atoms with Gasteiger partial charge in [-0.3, -0.25) is 4.79 Å². The van der Waals surface area contributed by atoms with Gasteiger partial charge in [0.25, 0.3) is 0 Å². The van der Waals surface area contributed by atoms with Gasteiger partial charge in [-0.25, -0.2) is 4.79 Å². The minimum atomic E-state index is -1.16.